The van der Waals surface area contributed by atoms with Crippen LogP contribution in [0.3, 0.4) is 0 Å². The SMILES string of the molecule is Cn1nccc1CCn1cc(CO)c2ccc(Cl)cc21. The van der Waals surface area contributed by atoms with Crippen LogP contribution in [0.5, 0.6) is 0 Å². The van der Waals surface area contributed by atoms with Crippen LogP contribution in [-0.2, 0) is 26.6 Å². The Kier molecular flexibility index (Phi) is 3.51. The van der Waals surface area contributed by atoms with Crippen molar-refractivity contribution in [1.29, 1.82) is 0 Å². The molecule has 104 valence electrons. The van der Waals surface area contributed by atoms with E-state index in [0.29, 0.717) is 5.02 Å². The van der Waals surface area contributed by atoms with Crippen LogP contribution in [0.25, 0.3) is 10.9 Å². The maximum absolute atomic E-state index is 9.45. The number of nitrogens with zero attached hydrogens (tertiary/aromatic N) is 3. The molecule has 0 unspecified atom stereocenters. The van der Waals surface area contributed by atoms with Gasteiger partial charge in [-0.25, -0.2) is 0 Å². The van der Waals surface area contributed by atoms with Gasteiger partial charge < -0.3 is 9.67 Å². The van der Waals surface area contributed by atoms with Crippen molar-refractivity contribution in [2.24, 2.45) is 7.05 Å². The van der Waals surface area contributed by atoms with Gasteiger partial charge in [-0.2, -0.15) is 5.10 Å². The molecule has 0 aliphatic heterocycles. The Balaban J connectivity index is 1.94. The van der Waals surface area contributed by atoms with Gasteiger partial charge in [-0.3, -0.25) is 4.68 Å². The molecule has 1 N–H and O–H groups in total. The molecule has 0 aliphatic rings. The van der Waals surface area contributed by atoms with Crippen LogP contribution in [0.1, 0.15) is 11.3 Å². The monoisotopic (exact) mass is 289 g/mol. The van der Waals surface area contributed by atoms with Crippen LogP contribution in [0, 0.1) is 0 Å². The van der Waals surface area contributed by atoms with Gasteiger partial charge in [0.25, 0.3) is 0 Å². The van der Waals surface area contributed by atoms with Crippen LogP contribution >= 0.6 is 11.6 Å². The first kappa shape index (κ1) is 13.2. The third kappa shape index (κ3) is 2.32. The number of benzene rings is 1. The zero-order valence-electron chi connectivity index (χ0n) is 11.3. The van der Waals surface area contributed by atoms with Crippen LogP contribution in [0.4, 0.5) is 0 Å². The third-order valence-electron chi connectivity index (χ3n) is 3.63. The number of fused-ring (bicyclic) bond motifs is 1. The molecular weight excluding hydrogens is 274 g/mol. The van der Waals surface area contributed by atoms with Crippen molar-refractivity contribution < 1.29 is 5.11 Å². The Labute approximate surface area is 122 Å². The fourth-order valence-corrected chi connectivity index (χ4v) is 2.70. The lowest BCUT2D eigenvalue weighted by Gasteiger charge is -2.06. The Bertz CT molecular complexity index is 745. The summed E-state index contributed by atoms with van der Waals surface area (Å²) in [7, 11) is 1.94. The highest BCUT2D eigenvalue weighted by Gasteiger charge is 2.09. The summed E-state index contributed by atoms with van der Waals surface area (Å²) in [5.74, 6) is 0. The Morgan fingerprint density at radius 2 is 2.15 bits per heavy atom. The van der Waals surface area contributed by atoms with Crippen LogP contribution in [0.15, 0.2) is 36.7 Å². The first-order chi connectivity index (χ1) is 9.69. The minimum atomic E-state index is 0.0385. The van der Waals surface area contributed by atoms with Crippen molar-refractivity contribution in [2.45, 2.75) is 19.6 Å². The van der Waals surface area contributed by atoms with Crippen molar-refractivity contribution in [1.82, 2.24) is 14.3 Å². The molecule has 1 aromatic carbocycles. The van der Waals surface area contributed by atoms with Gasteiger partial charge in [0, 0.05) is 59.6 Å². The number of aliphatic hydroxyl groups excluding tert-OH is 1. The van der Waals surface area contributed by atoms with E-state index in [1.807, 2.05) is 42.2 Å². The summed E-state index contributed by atoms with van der Waals surface area (Å²) in [5, 5.41) is 15.4. The fraction of sp³-hybridized carbons (Fsp3) is 0.267. The number of halogens is 1. The summed E-state index contributed by atoms with van der Waals surface area (Å²) < 4.78 is 4.02. The first-order valence-electron chi connectivity index (χ1n) is 6.54. The highest BCUT2D eigenvalue weighted by molar-refractivity contribution is 6.31. The molecule has 0 spiro atoms. The normalized spacial score (nSPS) is 11.3. The van der Waals surface area contributed by atoms with Gasteiger partial charge in [0.15, 0.2) is 0 Å². The van der Waals surface area contributed by atoms with Crippen LogP contribution in [0.2, 0.25) is 5.02 Å². The molecular formula is C15H16ClN3O. The van der Waals surface area contributed by atoms with Crippen molar-refractivity contribution >= 4 is 22.5 Å². The summed E-state index contributed by atoms with van der Waals surface area (Å²) in [5.41, 5.74) is 3.17. The summed E-state index contributed by atoms with van der Waals surface area (Å²) in [6, 6.07) is 7.78. The number of aromatic nitrogens is 3. The van der Waals surface area contributed by atoms with Crippen molar-refractivity contribution in [3.05, 3.63) is 52.9 Å². The average molecular weight is 290 g/mol. The largest absolute Gasteiger partial charge is 0.392 e. The molecule has 0 bridgehead atoms. The fourth-order valence-electron chi connectivity index (χ4n) is 2.53. The summed E-state index contributed by atoms with van der Waals surface area (Å²) in [6.07, 6.45) is 4.69. The Morgan fingerprint density at radius 1 is 1.30 bits per heavy atom. The van der Waals surface area contributed by atoms with E-state index < -0.39 is 0 Å². The molecule has 2 aromatic heterocycles. The standard InChI is InChI=1S/C15H16ClN3O/c1-18-13(4-6-17-18)5-7-19-9-11(10-20)14-3-2-12(16)8-15(14)19/h2-4,6,8-9,20H,5,7,10H2,1H3. The number of aliphatic hydroxyl groups is 1. The van der Waals surface area contributed by atoms with E-state index in [0.717, 1.165) is 29.4 Å². The van der Waals surface area contributed by atoms with Gasteiger partial charge in [-0.05, 0) is 18.2 Å². The Morgan fingerprint density at radius 3 is 2.85 bits per heavy atom. The van der Waals surface area contributed by atoms with Crippen molar-refractivity contribution in [2.75, 3.05) is 0 Å². The molecule has 0 amide bonds. The van der Waals surface area contributed by atoms with Gasteiger partial charge in [-0.15, -0.1) is 0 Å². The van der Waals surface area contributed by atoms with Gasteiger partial charge in [0.05, 0.1) is 6.61 Å². The molecule has 0 aliphatic carbocycles. The highest BCUT2D eigenvalue weighted by Crippen LogP contribution is 2.25. The molecule has 0 saturated heterocycles. The molecule has 5 heteroatoms. The summed E-state index contributed by atoms with van der Waals surface area (Å²) >= 11 is 6.08. The average Bonchev–Trinajstić information content (AvgIpc) is 3.00. The second-order valence-corrected chi connectivity index (χ2v) is 5.30. The number of rotatable bonds is 4. The first-order valence-corrected chi connectivity index (χ1v) is 6.92. The van der Waals surface area contributed by atoms with Crippen LogP contribution < -0.4 is 0 Å². The molecule has 3 rings (SSSR count). The smallest absolute Gasteiger partial charge is 0.0702 e. The molecule has 0 atom stereocenters. The zero-order valence-corrected chi connectivity index (χ0v) is 12.0. The summed E-state index contributed by atoms with van der Waals surface area (Å²) in [6.45, 7) is 0.868. The van der Waals surface area contributed by atoms with Gasteiger partial charge in [-0.1, -0.05) is 17.7 Å². The molecule has 0 saturated carbocycles. The minimum Gasteiger partial charge on any atom is -0.392 e. The molecule has 0 radical (unpaired) electrons. The van der Waals surface area contributed by atoms with E-state index in [1.165, 1.54) is 5.69 Å². The number of aryl methyl sites for hydroxylation is 3. The van der Waals surface area contributed by atoms with E-state index in [-0.39, 0.29) is 6.61 Å². The lowest BCUT2D eigenvalue weighted by atomic mass is 10.2. The number of hydrogen-bond donors (Lipinski definition) is 1. The maximum Gasteiger partial charge on any atom is 0.0702 e. The molecule has 20 heavy (non-hydrogen) atoms. The van der Waals surface area contributed by atoms with E-state index >= 15 is 0 Å². The van der Waals surface area contributed by atoms with Gasteiger partial charge in [0.1, 0.15) is 0 Å². The zero-order chi connectivity index (χ0) is 14.1. The van der Waals surface area contributed by atoms with E-state index in [4.69, 9.17) is 11.6 Å². The molecule has 2 heterocycles. The molecule has 3 aromatic rings. The van der Waals surface area contributed by atoms with Gasteiger partial charge >= 0.3 is 0 Å². The van der Waals surface area contributed by atoms with E-state index in [1.54, 1.807) is 6.20 Å². The second-order valence-electron chi connectivity index (χ2n) is 4.86. The maximum atomic E-state index is 9.45. The molecule has 0 fully saturated rings. The van der Waals surface area contributed by atoms with Crippen molar-refractivity contribution in [3.63, 3.8) is 0 Å². The minimum absolute atomic E-state index is 0.0385. The predicted molar refractivity (Wildman–Crippen MR) is 79.8 cm³/mol. The molecule has 4 nitrogen and oxygen atoms in total. The van der Waals surface area contributed by atoms with E-state index in [9.17, 15) is 5.11 Å². The topological polar surface area (TPSA) is 43.0 Å². The Hall–Kier alpha value is -1.78. The lowest BCUT2D eigenvalue weighted by Crippen LogP contribution is -2.04. The third-order valence-corrected chi connectivity index (χ3v) is 3.86. The lowest BCUT2D eigenvalue weighted by molar-refractivity contribution is 0.283. The quantitative estimate of drug-likeness (QED) is 0.802. The van der Waals surface area contributed by atoms with Gasteiger partial charge in [0.2, 0.25) is 0 Å². The second kappa shape index (κ2) is 5.31. The number of hydrogen-bond acceptors (Lipinski definition) is 2. The van der Waals surface area contributed by atoms with Crippen molar-refractivity contribution in [3.8, 4) is 0 Å². The van der Waals surface area contributed by atoms with Crippen LogP contribution in [-0.4, -0.2) is 19.5 Å². The predicted octanol–water partition coefficient (Wildman–Crippen LogP) is 2.76. The van der Waals surface area contributed by atoms with E-state index in [2.05, 4.69) is 9.67 Å². The summed E-state index contributed by atoms with van der Waals surface area (Å²) in [4.78, 5) is 0. The highest BCUT2D eigenvalue weighted by atomic mass is 35.5.